The van der Waals surface area contributed by atoms with Crippen molar-refractivity contribution in [3.63, 3.8) is 0 Å². The second-order valence-electron chi connectivity index (χ2n) is 9.99. The molecule has 2 unspecified atom stereocenters. The van der Waals surface area contributed by atoms with Crippen LogP contribution in [0.3, 0.4) is 0 Å². The lowest BCUT2D eigenvalue weighted by atomic mass is 9.94. The minimum absolute atomic E-state index is 0.0776. The first kappa shape index (κ1) is 28.6. The molecule has 3 aromatic rings. The maximum absolute atomic E-state index is 13.1. The summed E-state index contributed by atoms with van der Waals surface area (Å²) in [4.78, 5) is 37.5. The number of hydrogen-bond acceptors (Lipinski definition) is 6. The van der Waals surface area contributed by atoms with E-state index in [1.807, 2.05) is 48.5 Å². The minimum atomic E-state index is -1.19. The normalized spacial score (nSPS) is 18.9. The van der Waals surface area contributed by atoms with Crippen molar-refractivity contribution in [3.05, 3.63) is 83.9 Å². The maximum Gasteiger partial charge on any atom is 0.326 e. The van der Waals surface area contributed by atoms with E-state index in [-0.39, 0.29) is 24.9 Å². The summed E-state index contributed by atoms with van der Waals surface area (Å²) in [6, 6.07) is 20.6. The van der Waals surface area contributed by atoms with E-state index in [4.69, 9.17) is 14.2 Å². The molecule has 0 saturated carbocycles. The van der Waals surface area contributed by atoms with Gasteiger partial charge in [0.25, 0.3) is 11.8 Å². The van der Waals surface area contributed by atoms with Gasteiger partial charge in [-0.15, -0.1) is 0 Å². The molecule has 0 spiro atoms. The number of carboxylic acids is 1. The lowest BCUT2D eigenvalue weighted by molar-refractivity contribution is -0.147. The van der Waals surface area contributed by atoms with E-state index in [9.17, 15) is 19.5 Å². The SMILES string of the molecule is COc1cccc(OC)c1-c1ccc(C[C@H](NC(=O)C2(C)CC(CNC(=O)c3ccccc3)CO2)C(=O)O)cc1. The van der Waals surface area contributed by atoms with Gasteiger partial charge in [-0.2, -0.15) is 0 Å². The zero-order valence-corrected chi connectivity index (χ0v) is 22.8. The van der Waals surface area contributed by atoms with Crippen LogP contribution in [0.25, 0.3) is 11.1 Å². The van der Waals surface area contributed by atoms with Crippen molar-refractivity contribution >= 4 is 17.8 Å². The molecule has 1 heterocycles. The van der Waals surface area contributed by atoms with Crippen molar-refractivity contribution in [2.75, 3.05) is 27.4 Å². The Morgan fingerprint density at radius 2 is 1.62 bits per heavy atom. The summed E-state index contributed by atoms with van der Waals surface area (Å²) in [5.74, 6) is -0.591. The molecule has 1 fully saturated rings. The van der Waals surface area contributed by atoms with Gasteiger partial charge < -0.3 is 30.0 Å². The van der Waals surface area contributed by atoms with Crippen LogP contribution in [0.4, 0.5) is 0 Å². The Kier molecular flexibility index (Phi) is 9.06. The largest absolute Gasteiger partial charge is 0.496 e. The summed E-state index contributed by atoms with van der Waals surface area (Å²) in [6.07, 6.45) is 0.451. The quantitative estimate of drug-likeness (QED) is 0.335. The lowest BCUT2D eigenvalue weighted by Gasteiger charge is -2.25. The summed E-state index contributed by atoms with van der Waals surface area (Å²) in [5, 5.41) is 15.4. The Balaban J connectivity index is 1.37. The van der Waals surface area contributed by atoms with Crippen LogP contribution < -0.4 is 20.1 Å². The molecular weight excluding hydrogens is 512 g/mol. The van der Waals surface area contributed by atoms with E-state index in [1.54, 1.807) is 45.4 Å². The van der Waals surface area contributed by atoms with Crippen molar-refractivity contribution in [2.45, 2.75) is 31.4 Å². The van der Waals surface area contributed by atoms with Crippen LogP contribution in [0.15, 0.2) is 72.8 Å². The number of carbonyl (C=O) groups excluding carboxylic acids is 2. The molecule has 0 aliphatic carbocycles. The first-order chi connectivity index (χ1) is 19.2. The van der Waals surface area contributed by atoms with E-state index in [1.165, 1.54) is 0 Å². The number of aliphatic carboxylic acids is 1. The monoisotopic (exact) mass is 546 g/mol. The van der Waals surface area contributed by atoms with Crippen molar-refractivity contribution in [2.24, 2.45) is 5.92 Å². The second-order valence-corrected chi connectivity index (χ2v) is 9.99. The highest BCUT2D eigenvalue weighted by Crippen LogP contribution is 2.38. The minimum Gasteiger partial charge on any atom is -0.496 e. The standard InChI is InChI=1S/C31H34N2O7/c1-31(17-21(19-40-31)18-32-28(34)23-8-5-4-6-9-23)30(37)33-24(29(35)36)16-20-12-14-22(15-13-20)27-25(38-2)10-7-11-26(27)39-3/h4-15,21,24H,16-19H2,1-3H3,(H,32,34)(H,33,37)(H,35,36)/t21?,24-,31?/m0/s1. The second kappa shape index (κ2) is 12.7. The molecule has 210 valence electrons. The van der Waals surface area contributed by atoms with Crippen molar-refractivity contribution < 1.29 is 33.7 Å². The van der Waals surface area contributed by atoms with Gasteiger partial charge >= 0.3 is 5.97 Å². The molecule has 0 aromatic heterocycles. The van der Waals surface area contributed by atoms with Crippen LogP contribution in [0, 0.1) is 5.92 Å². The topological polar surface area (TPSA) is 123 Å². The number of methoxy groups -OCH3 is 2. The van der Waals surface area contributed by atoms with Gasteiger partial charge in [0.15, 0.2) is 0 Å². The lowest BCUT2D eigenvalue weighted by Crippen LogP contribution is -2.51. The average Bonchev–Trinajstić information content (AvgIpc) is 3.37. The van der Waals surface area contributed by atoms with Crippen LogP contribution in [0.2, 0.25) is 0 Å². The highest BCUT2D eigenvalue weighted by molar-refractivity contribution is 5.94. The number of carbonyl (C=O) groups is 3. The van der Waals surface area contributed by atoms with Gasteiger partial charge in [-0.05, 0) is 48.7 Å². The molecule has 0 bridgehead atoms. The molecule has 3 N–H and O–H groups in total. The summed E-state index contributed by atoms with van der Waals surface area (Å²) in [6.45, 7) is 2.28. The molecule has 3 aromatic carbocycles. The van der Waals surface area contributed by atoms with Crippen LogP contribution in [-0.2, 0) is 20.7 Å². The molecule has 4 rings (SSSR count). The number of carboxylic acid groups (broad SMARTS) is 1. The van der Waals surface area contributed by atoms with Crippen molar-refractivity contribution in [1.29, 1.82) is 0 Å². The molecular formula is C31H34N2O7. The van der Waals surface area contributed by atoms with Crippen LogP contribution in [-0.4, -0.2) is 61.9 Å². The Labute approximate surface area is 233 Å². The third kappa shape index (κ3) is 6.60. The predicted octanol–water partition coefficient (Wildman–Crippen LogP) is 3.71. The summed E-state index contributed by atoms with van der Waals surface area (Å²) in [5.41, 5.74) is 1.75. The number of benzene rings is 3. The van der Waals surface area contributed by atoms with E-state index in [0.29, 0.717) is 30.0 Å². The number of hydrogen-bond donors (Lipinski definition) is 3. The zero-order chi connectivity index (χ0) is 28.7. The molecule has 1 aliphatic heterocycles. The third-order valence-corrected chi connectivity index (χ3v) is 7.10. The van der Waals surface area contributed by atoms with E-state index in [2.05, 4.69) is 10.6 Å². The van der Waals surface area contributed by atoms with E-state index in [0.717, 1.165) is 16.7 Å². The fourth-order valence-corrected chi connectivity index (χ4v) is 4.88. The molecule has 1 saturated heterocycles. The first-order valence-electron chi connectivity index (χ1n) is 13.1. The van der Waals surface area contributed by atoms with Crippen LogP contribution in [0.5, 0.6) is 11.5 Å². The fraction of sp³-hybridized carbons (Fsp3) is 0.323. The fourth-order valence-electron chi connectivity index (χ4n) is 4.88. The Morgan fingerprint density at radius 3 is 2.23 bits per heavy atom. The van der Waals surface area contributed by atoms with Gasteiger partial charge in [-0.1, -0.05) is 48.5 Å². The number of rotatable bonds is 11. The van der Waals surface area contributed by atoms with Gasteiger partial charge in [0.05, 0.1) is 26.4 Å². The Morgan fingerprint density at radius 1 is 0.975 bits per heavy atom. The molecule has 2 amide bonds. The number of ether oxygens (including phenoxy) is 3. The molecule has 9 nitrogen and oxygen atoms in total. The third-order valence-electron chi connectivity index (χ3n) is 7.10. The summed E-state index contributed by atoms with van der Waals surface area (Å²) >= 11 is 0. The van der Waals surface area contributed by atoms with Crippen molar-refractivity contribution in [3.8, 4) is 22.6 Å². The van der Waals surface area contributed by atoms with Gasteiger partial charge in [0.2, 0.25) is 0 Å². The van der Waals surface area contributed by atoms with Crippen LogP contribution >= 0.6 is 0 Å². The van der Waals surface area contributed by atoms with E-state index < -0.39 is 23.5 Å². The van der Waals surface area contributed by atoms with Gasteiger partial charge in [0, 0.05) is 24.4 Å². The van der Waals surface area contributed by atoms with Crippen molar-refractivity contribution in [1.82, 2.24) is 10.6 Å². The highest BCUT2D eigenvalue weighted by atomic mass is 16.5. The maximum atomic E-state index is 13.1. The van der Waals surface area contributed by atoms with Crippen LogP contribution in [0.1, 0.15) is 29.3 Å². The molecule has 1 aliphatic rings. The molecule has 0 radical (unpaired) electrons. The van der Waals surface area contributed by atoms with Gasteiger partial charge in [0.1, 0.15) is 23.1 Å². The van der Waals surface area contributed by atoms with Gasteiger partial charge in [-0.3, -0.25) is 9.59 Å². The summed E-state index contributed by atoms with van der Waals surface area (Å²) < 4.78 is 16.8. The number of amides is 2. The molecule has 40 heavy (non-hydrogen) atoms. The average molecular weight is 547 g/mol. The predicted molar refractivity (Wildman–Crippen MR) is 149 cm³/mol. The number of nitrogens with one attached hydrogen (secondary N) is 2. The molecule has 9 heteroatoms. The Bertz CT molecular complexity index is 1320. The zero-order valence-electron chi connectivity index (χ0n) is 22.8. The Hall–Kier alpha value is -4.37. The first-order valence-corrected chi connectivity index (χ1v) is 13.1. The van der Waals surface area contributed by atoms with E-state index >= 15 is 0 Å². The van der Waals surface area contributed by atoms with Gasteiger partial charge in [-0.25, -0.2) is 4.79 Å². The smallest absolute Gasteiger partial charge is 0.326 e. The highest BCUT2D eigenvalue weighted by Gasteiger charge is 2.43. The summed E-state index contributed by atoms with van der Waals surface area (Å²) in [7, 11) is 3.18. The molecule has 3 atom stereocenters.